The number of anilines is 1. The maximum Gasteiger partial charge on any atom is 0.127 e. The van der Waals surface area contributed by atoms with E-state index in [1.165, 1.54) is 0 Å². The lowest BCUT2D eigenvalue weighted by atomic mass is 10.1. The van der Waals surface area contributed by atoms with E-state index in [9.17, 15) is 0 Å². The summed E-state index contributed by atoms with van der Waals surface area (Å²) in [5, 5.41) is 1.02. The van der Waals surface area contributed by atoms with Crippen LogP contribution in [0.4, 0.5) is 5.82 Å². The van der Waals surface area contributed by atoms with Crippen LogP contribution in [0, 0.1) is 0 Å². The van der Waals surface area contributed by atoms with Crippen molar-refractivity contribution in [3.8, 4) is 22.8 Å². The average molecular weight is 360 g/mol. The number of ether oxygens (including phenoxy) is 2. The molecular weight excluding hydrogens is 340 g/mol. The van der Waals surface area contributed by atoms with Crippen molar-refractivity contribution in [2.75, 3.05) is 20.0 Å². The number of methoxy groups -OCH3 is 2. The van der Waals surface area contributed by atoms with Crippen LogP contribution in [0.1, 0.15) is 5.56 Å². The number of nitrogens with zero attached hydrogens (tertiary/aromatic N) is 3. The van der Waals surface area contributed by atoms with Gasteiger partial charge in [-0.15, -0.1) is 0 Å². The molecule has 0 saturated carbocycles. The van der Waals surface area contributed by atoms with Crippen molar-refractivity contribution in [1.82, 2.24) is 14.5 Å². The lowest BCUT2D eigenvalue weighted by Crippen LogP contribution is -2.04. The van der Waals surface area contributed by atoms with Crippen LogP contribution in [0.5, 0.6) is 11.5 Å². The molecule has 3 heterocycles. The molecule has 0 radical (unpaired) electrons. The van der Waals surface area contributed by atoms with Crippen molar-refractivity contribution >= 4 is 16.7 Å². The molecule has 4 rings (SSSR count). The highest BCUT2D eigenvalue weighted by molar-refractivity contribution is 5.88. The van der Waals surface area contributed by atoms with E-state index in [4.69, 9.17) is 15.2 Å². The van der Waals surface area contributed by atoms with E-state index < -0.39 is 0 Å². The van der Waals surface area contributed by atoms with Crippen LogP contribution in [0.15, 0.2) is 61.1 Å². The molecule has 0 amide bonds. The summed E-state index contributed by atoms with van der Waals surface area (Å²) in [6.07, 6.45) is 5.42. The highest BCUT2D eigenvalue weighted by Crippen LogP contribution is 2.32. The third-order valence-corrected chi connectivity index (χ3v) is 4.59. The molecule has 3 aromatic heterocycles. The van der Waals surface area contributed by atoms with Crippen molar-refractivity contribution in [1.29, 1.82) is 0 Å². The molecule has 0 aliphatic carbocycles. The number of rotatable bonds is 5. The molecule has 0 atom stereocenters. The van der Waals surface area contributed by atoms with Crippen LogP contribution >= 0.6 is 0 Å². The summed E-state index contributed by atoms with van der Waals surface area (Å²) in [4.78, 5) is 8.48. The third-order valence-electron chi connectivity index (χ3n) is 4.59. The maximum absolute atomic E-state index is 5.95. The van der Waals surface area contributed by atoms with Gasteiger partial charge in [-0.1, -0.05) is 0 Å². The van der Waals surface area contributed by atoms with Crippen molar-refractivity contribution in [3.63, 3.8) is 0 Å². The van der Waals surface area contributed by atoms with Gasteiger partial charge in [0, 0.05) is 47.2 Å². The molecule has 0 unspecified atom stereocenters. The molecule has 2 N–H and O–H groups in total. The first-order valence-corrected chi connectivity index (χ1v) is 8.55. The molecule has 136 valence electrons. The van der Waals surface area contributed by atoms with Gasteiger partial charge in [0.15, 0.2) is 0 Å². The summed E-state index contributed by atoms with van der Waals surface area (Å²) in [5.74, 6) is 2.02. The van der Waals surface area contributed by atoms with Gasteiger partial charge in [0.05, 0.1) is 32.0 Å². The lowest BCUT2D eigenvalue weighted by Gasteiger charge is -2.15. The number of nitrogen functional groups attached to an aromatic ring is 1. The van der Waals surface area contributed by atoms with Crippen LogP contribution in [0.3, 0.4) is 0 Å². The Hall–Kier alpha value is -3.54. The number of hydrogen-bond acceptors (Lipinski definition) is 5. The fraction of sp³-hybridized carbons (Fsp3) is 0.143. The zero-order valence-corrected chi connectivity index (χ0v) is 15.2. The predicted octanol–water partition coefficient (Wildman–Crippen LogP) is 3.75. The highest BCUT2D eigenvalue weighted by atomic mass is 16.5. The summed E-state index contributed by atoms with van der Waals surface area (Å²) in [7, 11) is 3.31. The Morgan fingerprint density at radius 1 is 1.04 bits per heavy atom. The van der Waals surface area contributed by atoms with Gasteiger partial charge < -0.3 is 19.8 Å². The first-order valence-electron chi connectivity index (χ1n) is 8.55. The molecule has 0 saturated heterocycles. The second-order valence-corrected chi connectivity index (χ2v) is 6.20. The first kappa shape index (κ1) is 16.9. The first-order chi connectivity index (χ1) is 13.2. The van der Waals surface area contributed by atoms with E-state index in [1.807, 2.05) is 42.6 Å². The predicted molar refractivity (Wildman–Crippen MR) is 106 cm³/mol. The monoisotopic (exact) mass is 360 g/mol. The van der Waals surface area contributed by atoms with E-state index >= 15 is 0 Å². The normalized spacial score (nSPS) is 10.9. The van der Waals surface area contributed by atoms with Gasteiger partial charge in [0.1, 0.15) is 17.3 Å². The van der Waals surface area contributed by atoms with Crippen molar-refractivity contribution in [2.45, 2.75) is 6.54 Å². The molecule has 0 bridgehead atoms. The van der Waals surface area contributed by atoms with Crippen LogP contribution in [-0.4, -0.2) is 28.8 Å². The van der Waals surface area contributed by atoms with Crippen LogP contribution in [0.25, 0.3) is 22.2 Å². The maximum atomic E-state index is 5.95. The minimum Gasteiger partial charge on any atom is -0.497 e. The minimum atomic E-state index is 0.487. The van der Waals surface area contributed by atoms with E-state index in [2.05, 4.69) is 20.6 Å². The molecule has 27 heavy (non-hydrogen) atoms. The fourth-order valence-corrected chi connectivity index (χ4v) is 3.25. The van der Waals surface area contributed by atoms with Gasteiger partial charge in [-0.25, -0.2) is 4.98 Å². The molecule has 0 fully saturated rings. The summed E-state index contributed by atoms with van der Waals surface area (Å²) >= 11 is 0. The fourth-order valence-electron chi connectivity index (χ4n) is 3.25. The molecule has 6 nitrogen and oxygen atoms in total. The second-order valence-electron chi connectivity index (χ2n) is 6.20. The Morgan fingerprint density at radius 2 is 1.93 bits per heavy atom. The van der Waals surface area contributed by atoms with Crippen LogP contribution in [0.2, 0.25) is 0 Å². The number of aromatic nitrogens is 3. The Bertz CT molecular complexity index is 1090. The second kappa shape index (κ2) is 6.99. The number of hydrogen-bond donors (Lipinski definition) is 1. The van der Waals surface area contributed by atoms with E-state index in [0.29, 0.717) is 12.4 Å². The summed E-state index contributed by atoms with van der Waals surface area (Å²) in [6, 6.07) is 13.8. The molecular formula is C21H20N4O2. The number of fused-ring (bicyclic) bond motifs is 1. The largest absolute Gasteiger partial charge is 0.497 e. The van der Waals surface area contributed by atoms with Gasteiger partial charge in [-0.2, -0.15) is 0 Å². The quantitative estimate of drug-likeness (QED) is 0.587. The van der Waals surface area contributed by atoms with Gasteiger partial charge >= 0.3 is 0 Å². The molecule has 4 aromatic rings. The highest BCUT2D eigenvalue weighted by Gasteiger charge is 2.14. The van der Waals surface area contributed by atoms with E-state index in [1.54, 1.807) is 26.6 Å². The average Bonchev–Trinajstić information content (AvgIpc) is 3.06. The molecule has 0 aliphatic heterocycles. The van der Waals surface area contributed by atoms with Crippen LogP contribution < -0.4 is 15.2 Å². The van der Waals surface area contributed by atoms with Gasteiger partial charge in [-0.3, -0.25) is 4.98 Å². The summed E-state index contributed by atoms with van der Waals surface area (Å²) in [6.45, 7) is 0.615. The summed E-state index contributed by atoms with van der Waals surface area (Å²) < 4.78 is 13.1. The molecule has 0 spiro atoms. The van der Waals surface area contributed by atoms with E-state index in [-0.39, 0.29) is 0 Å². The SMILES string of the molecule is COc1ccc(Cn2c(-c3cccnc3)cc3cnc(N)cc32)c(OC)c1. The summed E-state index contributed by atoms with van der Waals surface area (Å²) in [5.41, 5.74) is 10.1. The van der Waals surface area contributed by atoms with Gasteiger partial charge in [0.2, 0.25) is 0 Å². The van der Waals surface area contributed by atoms with Gasteiger partial charge in [-0.05, 0) is 30.3 Å². The molecule has 1 aromatic carbocycles. The van der Waals surface area contributed by atoms with Gasteiger partial charge in [0.25, 0.3) is 0 Å². The Morgan fingerprint density at radius 3 is 2.67 bits per heavy atom. The third kappa shape index (κ3) is 3.17. The Labute approximate surface area is 157 Å². The van der Waals surface area contributed by atoms with Crippen molar-refractivity contribution in [3.05, 3.63) is 66.6 Å². The Kier molecular flexibility index (Phi) is 4.38. The number of pyridine rings is 2. The minimum absolute atomic E-state index is 0.487. The zero-order chi connectivity index (χ0) is 18.8. The van der Waals surface area contributed by atoms with E-state index in [0.717, 1.165) is 39.2 Å². The van der Waals surface area contributed by atoms with Crippen LogP contribution in [-0.2, 0) is 6.54 Å². The lowest BCUT2D eigenvalue weighted by molar-refractivity contribution is 0.390. The topological polar surface area (TPSA) is 75.2 Å². The van der Waals surface area contributed by atoms with Crippen molar-refractivity contribution < 1.29 is 9.47 Å². The number of benzene rings is 1. The zero-order valence-electron chi connectivity index (χ0n) is 15.2. The number of nitrogens with two attached hydrogens (primary N) is 1. The molecule has 0 aliphatic rings. The Balaban J connectivity index is 1.89. The molecule has 6 heteroatoms. The smallest absolute Gasteiger partial charge is 0.127 e. The standard InChI is InChI=1S/C21H20N4O2/c1-26-17-6-5-15(20(9-17)27-2)13-25-18(14-4-3-7-23-11-14)8-16-12-24-21(22)10-19(16)25/h3-12H,13H2,1-2H3,(H2,22,24). The van der Waals surface area contributed by atoms with Crippen molar-refractivity contribution in [2.24, 2.45) is 0 Å².